The fourth-order valence-electron chi connectivity index (χ4n) is 3.40. The molecule has 2 rings (SSSR count). The monoisotopic (exact) mass is 264 g/mol. The molecule has 0 bridgehead atoms. The van der Waals surface area contributed by atoms with Gasteiger partial charge in [-0.25, -0.2) is 0 Å². The third kappa shape index (κ3) is 3.66. The topological polar surface area (TPSA) is 0 Å². The molecule has 0 aliphatic heterocycles. The Bertz CT molecular complexity index is 354. The van der Waals surface area contributed by atoms with Crippen LogP contribution < -0.4 is 0 Å². The predicted molar refractivity (Wildman–Crippen MR) is 84.0 cm³/mol. The molecule has 1 heteroatoms. The van der Waals surface area contributed by atoms with Crippen LogP contribution in [0, 0.1) is 11.3 Å². The minimum Gasteiger partial charge on any atom is -0.148 e. The Balaban J connectivity index is 2.11. The molecule has 0 aromatic heterocycles. The summed E-state index contributed by atoms with van der Waals surface area (Å²) in [4.78, 5) is 1.35. The molecule has 0 nitrogen and oxygen atoms in total. The van der Waals surface area contributed by atoms with Crippen LogP contribution in [0.4, 0.5) is 0 Å². The Hall–Kier alpha value is -0.170. The largest absolute Gasteiger partial charge is 0.148 e. The van der Waals surface area contributed by atoms with Gasteiger partial charge in [-0.1, -0.05) is 44.8 Å². The molecule has 0 spiro atoms. The van der Waals surface area contributed by atoms with Gasteiger partial charge in [0.05, 0.1) is 0 Å². The molecule has 0 N–H and O–H groups in total. The molecule has 0 aromatic carbocycles. The van der Waals surface area contributed by atoms with Crippen molar-refractivity contribution < 1.29 is 0 Å². The molecule has 0 amide bonds. The Morgan fingerprint density at radius 3 is 2.56 bits per heavy atom. The zero-order valence-electron chi connectivity index (χ0n) is 12.3. The van der Waals surface area contributed by atoms with Crippen molar-refractivity contribution in [2.45, 2.75) is 72.1 Å². The quantitative estimate of drug-likeness (QED) is 0.589. The second-order valence-corrected chi connectivity index (χ2v) is 7.55. The summed E-state index contributed by atoms with van der Waals surface area (Å²) in [6, 6.07) is 0. The van der Waals surface area contributed by atoms with Crippen molar-refractivity contribution in [1.29, 1.82) is 0 Å². The fraction of sp³-hybridized carbons (Fsp3) is 0.765. The maximum atomic E-state index is 4.73. The van der Waals surface area contributed by atoms with Crippen LogP contribution in [0.5, 0.6) is 0 Å². The minimum atomic E-state index is 0.462. The first-order chi connectivity index (χ1) is 8.48. The SMILES string of the molecule is C/C(=C\C1CCCCC1)C1=C(S)CCC(C)(C)C1. The fourth-order valence-corrected chi connectivity index (χ4v) is 3.77. The first-order valence-electron chi connectivity index (χ1n) is 7.58. The summed E-state index contributed by atoms with van der Waals surface area (Å²) in [5.74, 6) is 0.831. The van der Waals surface area contributed by atoms with E-state index in [0.29, 0.717) is 5.41 Å². The van der Waals surface area contributed by atoms with Crippen molar-refractivity contribution in [3.05, 3.63) is 22.1 Å². The van der Waals surface area contributed by atoms with E-state index in [9.17, 15) is 0 Å². The average Bonchev–Trinajstić information content (AvgIpc) is 2.33. The predicted octanol–water partition coefficient (Wildman–Crippen LogP) is 5.91. The molecule has 0 heterocycles. The van der Waals surface area contributed by atoms with Gasteiger partial charge in [-0.05, 0) is 60.8 Å². The van der Waals surface area contributed by atoms with Crippen LogP contribution in [0.25, 0.3) is 0 Å². The lowest BCUT2D eigenvalue weighted by molar-refractivity contribution is 0.320. The number of thiol groups is 1. The second kappa shape index (κ2) is 5.86. The Morgan fingerprint density at radius 1 is 1.22 bits per heavy atom. The van der Waals surface area contributed by atoms with Crippen LogP contribution in [0.15, 0.2) is 22.1 Å². The zero-order valence-corrected chi connectivity index (χ0v) is 13.2. The molecule has 1 fully saturated rings. The molecule has 0 saturated heterocycles. The van der Waals surface area contributed by atoms with Gasteiger partial charge < -0.3 is 0 Å². The van der Waals surface area contributed by atoms with Crippen LogP contribution in [0.1, 0.15) is 72.1 Å². The van der Waals surface area contributed by atoms with Crippen LogP contribution in [-0.4, -0.2) is 0 Å². The molecule has 102 valence electrons. The molecule has 0 atom stereocenters. The van der Waals surface area contributed by atoms with E-state index in [1.165, 1.54) is 61.8 Å². The number of rotatable bonds is 2. The van der Waals surface area contributed by atoms with Crippen molar-refractivity contribution >= 4 is 12.6 Å². The molecule has 18 heavy (non-hydrogen) atoms. The maximum Gasteiger partial charge on any atom is -0.0149 e. The highest BCUT2D eigenvalue weighted by Gasteiger charge is 2.26. The molecular formula is C17H28S. The minimum absolute atomic E-state index is 0.462. The first kappa shape index (κ1) is 14.2. The van der Waals surface area contributed by atoms with Crippen molar-refractivity contribution in [1.82, 2.24) is 0 Å². The van der Waals surface area contributed by atoms with E-state index in [4.69, 9.17) is 12.6 Å². The van der Waals surface area contributed by atoms with Gasteiger partial charge >= 0.3 is 0 Å². The lowest BCUT2D eigenvalue weighted by Crippen LogP contribution is -2.18. The van der Waals surface area contributed by atoms with Crippen molar-refractivity contribution in [2.24, 2.45) is 11.3 Å². The van der Waals surface area contributed by atoms with E-state index in [1.807, 2.05) is 0 Å². The van der Waals surface area contributed by atoms with Crippen molar-refractivity contribution in [2.75, 3.05) is 0 Å². The van der Waals surface area contributed by atoms with E-state index >= 15 is 0 Å². The van der Waals surface area contributed by atoms with E-state index in [0.717, 1.165) is 5.92 Å². The van der Waals surface area contributed by atoms with Crippen molar-refractivity contribution in [3.8, 4) is 0 Å². The van der Waals surface area contributed by atoms with Crippen LogP contribution in [0.3, 0.4) is 0 Å². The van der Waals surface area contributed by atoms with Gasteiger partial charge in [0.15, 0.2) is 0 Å². The van der Waals surface area contributed by atoms with E-state index < -0.39 is 0 Å². The Labute approximate surface area is 118 Å². The summed E-state index contributed by atoms with van der Waals surface area (Å²) >= 11 is 4.73. The summed E-state index contributed by atoms with van der Waals surface area (Å²) in [6.45, 7) is 7.09. The van der Waals surface area contributed by atoms with E-state index in [-0.39, 0.29) is 0 Å². The highest BCUT2D eigenvalue weighted by Crippen LogP contribution is 2.42. The molecule has 2 aliphatic carbocycles. The van der Waals surface area contributed by atoms with E-state index in [2.05, 4.69) is 26.8 Å². The van der Waals surface area contributed by atoms with Crippen LogP contribution in [0.2, 0.25) is 0 Å². The summed E-state index contributed by atoms with van der Waals surface area (Å²) in [6.07, 6.45) is 13.3. The van der Waals surface area contributed by atoms with Gasteiger partial charge in [0.2, 0.25) is 0 Å². The standard InChI is InChI=1S/C17H28S/c1-13(11-14-7-5-4-6-8-14)15-12-17(2,3)10-9-16(15)18/h11,14,18H,4-10,12H2,1-3H3/b13-11+. The number of hydrogen-bond donors (Lipinski definition) is 1. The Kier molecular flexibility index (Phi) is 4.64. The lowest BCUT2D eigenvalue weighted by Gasteiger charge is -2.33. The molecule has 0 aromatic rings. The van der Waals surface area contributed by atoms with Gasteiger partial charge in [0, 0.05) is 0 Å². The Morgan fingerprint density at radius 2 is 1.89 bits per heavy atom. The highest BCUT2D eigenvalue weighted by molar-refractivity contribution is 7.84. The first-order valence-corrected chi connectivity index (χ1v) is 8.02. The van der Waals surface area contributed by atoms with Gasteiger partial charge in [0.1, 0.15) is 0 Å². The normalized spacial score (nSPS) is 26.6. The van der Waals surface area contributed by atoms with Crippen molar-refractivity contribution in [3.63, 3.8) is 0 Å². The summed E-state index contributed by atoms with van der Waals surface area (Å²) in [5, 5.41) is 0. The second-order valence-electron chi connectivity index (χ2n) is 7.01. The van der Waals surface area contributed by atoms with E-state index in [1.54, 1.807) is 5.57 Å². The van der Waals surface area contributed by atoms with Gasteiger partial charge in [-0.3, -0.25) is 0 Å². The molecular weight excluding hydrogens is 236 g/mol. The average molecular weight is 264 g/mol. The van der Waals surface area contributed by atoms with Crippen LogP contribution in [-0.2, 0) is 0 Å². The third-order valence-corrected chi connectivity index (χ3v) is 5.15. The van der Waals surface area contributed by atoms with Gasteiger partial charge in [-0.2, -0.15) is 0 Å². The molecule has 0 radical (unpaired) electrons. The zero-order chi connectivity index (χ0) is 13.2. The smallest absolute Gasteiger partial charge is 0.0149 e. The summed E-state index contributed by atoms with van der Waals surface area (Å²) < 4.78 is 0. The number of hydrogen-bond acceptors (Lipinski definition) is 1. The number of allylic oxidation sites excluding steroid dienone is 4. The summed E-state index contributed by atoms with van der Waals surface area (Å²) in [7, 11) is 0. The van der Waals surface area contributed by atoms with Crippen LogP contribution >= 0.6 is 12.6 Å². The molecule has 1 saturated carbocycles. The maximum absolute atomic E-state index is 4.73. The summed E-state index contributed by atoms with van der Waals surface area (Å²) in [5.41, 5.74) is 3.52. The van der Waals surface area contributed by atoms with Gasteiger partial charge in [0.25, 0.3) is 0 Å². The highest BCUT2D eigenvalue weighted by atomic mass is 32.1. The molecule has 0 unspecified atom stereocenters. The van der Waals surface area contributed by atoms with Gasteiger partial charge in [-0.15, -0.1) is 12.6 Å². The third-order valence-electron chi connectivity index (χ3n) is 4.65. The molecule has 2 aliphatic rings. The lowest BCUT2D eigenvalue weighted by atomic mass is 9.75.